The van der Waals surface area contributed by atoms with E-state index in [1.807, 2.05) is 19.1 Å². The summed E-state index contributed by atoms with van der Waals surface area (Å²) in [5.74, 6) is -0.126. The lowest BCUT2D eigenvalue weighted by molar-refractivity contribution is 0.0950. The highest BCUT2D eigenvalue weighted by Gasteiger charge is 2.05. The summed E-state index contributed by atoms with van der Waals surface area (Å²) in [4.78, 5) is 20.2. The summed E-state index contributed by atoms with van der Waals surface area (Å²) in [6.07, 6.45) is 3.34. The molecule has 92 valence electrons. The van der Waals surface area contributed by atoms with Gasteiger partial charge in [-0.15, -0.1) is 0 Å². The summed E-state index contributed by atoms with van der Waals surface area (Å²) in [5.41, 5.74) is 2.21. The monoisotopic (exact) mass is 305 g/mol. The molecular weight excluding hydrogens is 294 g/mol. The molecule has 18 heavy (non-hydrogen) atoms. The number of benzene rings is 1. The third-order valence-electron chi connectivity index (χ3n) is 2.35. The number of nitrogens with one attached hydrogen (secondary N) is 1. The van der Waals surface area contributed by atoms with Crippen molar-refractivity contribution < 1.29 is 4.79 Å². The van der Waals surface area contributed by atoms with Crippen molar-refractivity contribution in [2.75, 3.05) is 0 Å². The van der Waals surface area contributed by atoms with Crippen LogP contribution in [0.2, 0.25) is 0 Å². The van der Waals surface area contributed by atoms with E-state index in [0.717, 1.165) is 15.9 Å². The third-order valence-corrected chi connectivity index (χ3v) is 2.84. The number of carbonyl (C=O) groups is 1. The van der Waals surface area contributed by atoms with Crippen LogP contribution in [0.25, 0.3) is 0 Å². The Balaban J connectivity index is 1.98. The van der Waals surface area contributed by atoms with Gasteiger partial charge in [-0.3, -0.25) is 14.8 Å². The highest BCUT2D eigenvalue weighted by Crippen LogP contribution is 2.11. The lowest BCUT2D eigenvalue weighted by atomic mass is 10.2. The summed E-state index contributed by atoms with van der Waals surface area (Å²) in [5, 5.41) is 2.80. The standard InChI is InChI=1S/C13H12BrN3O/c1-9-6-16-12(7-15-9)8-17-13(18)10-3-2-4-11(14)5-10/h2-7H,8H2,1H3,(H,17,18). The first-order valence-corrected chi connectivity index (χ1v) is 6.26. The number of aryl methyl sites for hydroxylation is 1. The van der Waals surface area contributed by atoms with Crippen LogP contribution in [0, 0.1) is 6.92 Å². The van der Waals surface area contributed by atoms with Crippen molar-refractivity contribution in [2.24, 2.45) is 0 Å². The second kappa shape index (κ2) is 5.73. The quantitative estimate of drug-likeness (QED) is 0.948. The number of hydrogen-bond donors (Lipinski definition) is 1. The van der Waals surface area contributed by atoms with Gasteiger partial charge in [-0.2, -0.15) is 0 Å². The number of carbonyl (C=O) groups excluding carboxylic acids is 1. The lowest BCUT2D eigenvalue weighted by Gasteiger charge is -2.05. The average Bonchev–Trinajstić information content (AvgIpc) is 2.38. The number of hydrogen-bond acceptors (Lipinski definition) is 3. The summed E-state index contributed by atoms with van der Waals surface area (Å²) in [7, 11) is 0. The predicted octanol–water partition coefficient (Wildman–Crippen LogP) is 2.48. The molecule has 0 aliphatic rings. The third kappa shape index (κ3) is 3.37. The molecule has 1 amide bonds. The maximum atomic E-state index is 11.9. The van der Waals surface area contributed by atoms with Crippen LogP contribution in [0.3, 0.4) is 0 Å². The average molecular weight is 306 g/mol. The van der Waals surface area contributed by atoms with Crippen LogP contribution >= 0.6 is 15.9 Å². The summed E-state index contributed by atoms with van der Waals surface area (Å²) in [6.45, 7) is 2.25. The minimum absolute atomic E-state index is 0.126. The zero-order valence-corrected chi connectivity index (χ0v) is 11.4. The molecule has 0 atom stereocenters. The molecule has 0 fully saturated rings. The van der Waals surface area contributed by atoms with Crippen molar-refractivity contribution in [3.8, 4) is 0 Å². The van der Waals surface area contributed by atoms with Crippen molar-refractivity contribution in [2.45, 2.75) is 13.5 Å². The van der Waals surface area contributed by atoms with E-state index in [0.29, 0.717) is 12.1 Å². The van der Waals surface area contributed by atoms with Gasteiger partial charge in [0.15, 0.2) is 0 Å². The van der Waals surface area contributed by atoms with Crippen LogP contribution < -0.4 is 5.32 Å². The Kier molecular flexibility index (Phi) is 4.04. The zero-order valence-electron chi connectivity index (χ0n) is 9.85. The van der Waals surface area contributed by atoms with Gasteiger partial charge in [0.2, 0.25) is 0 Å². The van der Waals surface area contributed by atoms with Crippen molar-refractivity contribution >= 4 is 21.8 Å². The van der Waals surface area contributed by atoms with Crippen LogP contribution in [0.1, 0.15) is 21.7 Å². The van der Waals surface area contributed by atoms with Crippen molar-refractivity contribution in [1.82, 2.24) is 15.3 Å². The van der Waals surface area contributed by atoms with E-state index >= 15 is 0 Å². The molecule has 0 unspecified atom stereocenters. The van der Waals surface area contributed by atoms with Gasteiger partial charge in [-0.05, 0) is 25.1 Å². The van der Waals surface area contributed by atoms with E-state index in [9.17, 15) is 4.79 Å². The fraction of sp³-hybridized carbons (Fsp3) is 0.154. The summed E-state index contributed by atoms with van der Waals surface area (Å²) < 4.78 is 0.880. The Bertz CT molecular complexity index is 554. The molecule has 0 aliphatic carbocycles. The second-order valence-corrected chi connectivity index (χ2v) is 4.76. The number of halogens is 1. The Morgan fingerprint density at radius 1 is 1.33 bits per heavy atom. The van der Waals surface area contributed by atoms with Gasteiger partial charge < -0.3 is 5.32 Å². The molecule has 5 heteroatoms. The normalized spacial score (nSPS) is 10.1. The first kappa shape index (κ1) is 12.7. The number of amides is 1. The first-order valence-electron chi connectivity index (χ1n) is 5.46. The van der Waals surface area contributed by atoms with Crippen LogP contribution in [0.15, 0.2) is 41.1 Å². The molecule has 2 rings (SSSR count). The fourth-order valence-electron chi connectivity index (χ4n) is 1.41. The molecule has 0 radical (unpaired) electrons. The van der Waals surface area contributed by atoms with Crippen LogP contribution in [0.4, 0.5) is 0 Å². The SMILES string of the molecule is Cc1cnc(CNC(=O)c2cccc(Br)c2)cn1. The molecule has 2 aromatic rings. The summed E-state index contributed by atoms with van der Waals surface area (Å²) >= 11 is 3.33. The predicted molar refractivity (Wildman–Crippen MR) is 72.1 cm³/mol. The maximum absolute atomic E-state index is 11.9. The molecule has 0 saturated heterocycles. The van der Waals surface area contributed by atoms with Gasteiger partial charge in [0.25, 0.3) is 5.91 Å². The van der Waals surface area contributed by atoms with Crippen molar-refractivity contribution in [3.63, 3.8) is 0 Å². The largest absolute Gasteiger partial charge is 0.346 e. The van der Waals surface area contributed by atoms with E-state index in [4.69, 9.17) is 0 Å². The lowest BCUT2D eigenvalue weighted by Crippen LogP contribution is -2.23. The number of aromatic nitrogens is 2. The minimum atomic E-state index is -0.126. The topological polar surface area (TPSA) is 54.9 Å². The Labute approximate surface area is 114 Å². The smallest absolute Gasteiger partial charge is 0.251 e. The van der Waals surface area contributed by atoms with E-state index in [-0.39, 0.29) is 5.91 Å². The Morgan fingerprint density at radius 3 is 2.83 bits per heavy atom. The fourth-order valence-corrected chi connectivity index (χ4v) is 1.81. The Hall–Kier alpha value is -1.75. The highest BCUT2D eigenvalue weighted by atomic mass is 79.9. The number of rotatable bonds is 3. The van der Waals surface area contributed by atoms with Crippen LogP contribution in [-0.2, 0) is 6.54 Å². The molecule has 0 spiro atoms. The van der Waals surface area contributed by atoms with Crippen LogP contribution in [0.5, 0.6) is 0 Å². The van der Waals surface area contributed by atoms with E-state index in [1.54, 1.807) is 24.5 Å². The molecule has 1 aromatic carbocycles. The first-order chi connectivity index (χ1) is 8.65. The van der Waals surface area contributed by atoms with E-state index in [2.05, 4.69) is 31.2 Å². The molecule has 1 aromatic heterocycles. The van der Waals surface area contributed by atoms with Gasteiger partial charge in [0.1, 0.15) is 0 Å². The van der Waals surface area contributed by atoms with E-state index < -0.39 is 0 Å². The van der Waals surface area contributed by atoms with Crippen molar-refractivity contribution in [3.05, 3.63) is 58.1 Å². The van der Waals surface area contributed by atoms with Gasteiger partial charge in [0.05, 0.1) is 24.1 Å². The Morgan fingerprint density at radius 2 is 2.17 bits per heavy atom. The molecule has 1 N–H and O–H groups in total. The van der Waals surface area contributed by atoms with Gasteiger partial charge in [0, 0.05) is 16.2 Å². The van der Waals surface area contributed by atoms with Crippen molar-refractivity contribution in [1.29, 1.82) is 0 Å². The summed E-state index contributed by atoms with van der Waals surface area (Å²) in [6, 6.07) is 7.24. The number of nitrogens with zero attached hydrogens (tertiary/aromatic N) is 2. The van der Waals surface area contributed by atoms with Gasteiger partial charge >= 0.3 is 0 Å². The minimum Gasteiger partial charge on any atom is -0.346 e. The second-order valence-electron chi connectivity index (χ2n) is 3.84. The molecular formula is C13H12BrN3O. The van der Waals surface area contributed by atoms with Crippen LogP contribution in [-0.4, -0.2) is 15.9 Å². The van der Waals surface area contributed by atoms with E-state index in [1.165, 1.54) is 0 Å². The molecule has 0 bridgehead atoms. The highest BCUT2D eigenvalue weighted by molar-refractivity contribution is 9.10. The molecule has 0 saturated carbocycles. The van der Waals surface area contributed by atoms with Gasteiger partial charge in [-0.1, -0.05) is 22.0 Å². The molecule has 1 heterocycles. The molecule has 4 nitrogen and oxygen atoms in total. The molecule has 0 aliphatic heterocycles. The van der Waals surface area contributed by atoms with Gasteiger partial charge in [-0.25, -0.2) is 0 Å². The zero-order chi connectivity index (χ0) is 13.0. The maximum Gasteiger partial charge on any atom is 0.251 e.